The normalized spacial score (nSPS) is 20.1. The van der Waals surface area contributed by atoms with Crippen LogP contribution in [-0.2, 0) is 7.05 Å². The van der Waals surface area contributed by atoms with Crippen molar-refractivity contribution in [2.45, 2.75) is 55.1 Å². The van der Waals surface area contributed by atoms with Gasteiger partial charge in [0.05, 0.1) is 6.07 Å². The van der Waals surface area contributed by atoms with Crippen LogP contribution in [0.25, 0.3) is 0 Å². The topological polar surface area (TPSA) is 53.6 Å². The molecule has 2 rings (SSSR count). The number of nitrogens with zero attached hydrogens (tertiary/aromatic N) is 3. The molecule has 1 fully saturated rings. The van der Waals surface area contributed by atoms with Crippen LogP contribution in [0, 0.1) is 11.3 Å². The first-order valence-corrected chi connectivity index (χ1v) is 7.23. The van der Waals surface area contributed by atoms with Crippen molar-refractivity contribution in [3.63, 3.8) is 0 Å². The van der Waals surface area contributed by atoms with Gasteiger partial charge in [-0.15, -0.1) is 0 Å². The standard InChI is InChI=1S/C13H20N4S/c1-10(18-12-15-6-7-17(12)3)8-13(2,9-14)16-11-4-5-11/h6-7,10-11,16H,4-5,8H2,1-3H3. The largest absolute Gasteiger partial charge is 0.329 e. The molecule has 4 nitrogen and oxygen atoms in total. The minimum absolute atomic E-state index is 0.363. The lowest BCUT2D eigenvalue weighted by molar-refractivity contribution is 0.414. The average Bonchev–Trinajstić information content (AvgIpc) is 3.02. The van der Waals surface area contributed by atoms with Crippen molar-refractivity contribution < 1.29 is 0 Å². The van der Waals surface area contributed by atoms with E-state index in [2.05, 4.69) is 23.3 Å². The summed E-state index contributed by atoms with van der Waals surface area (Å²) in [5.74, 6) is 0. The number of aryl methyl sites for hydroxylation is 1. The van der Waals surface area contributed by atoms with Gasteiger partial charge in [0.25, 0.3) is 0 Å². The van der Waals surface area contributed by atoms with Crippen LogP contribution in [-0.4, -0.2) is 26.4 Å². The number of imidazole rings is 1. The molecule has 1 aromatic heterocycles. The highest BCUT2D eigenvalue weighted by Gasteiger charge is 2.33. The maximum Gasteiger partial charge on any atom is 0.167 e. The Hall–Kier alpha value is -0.990. The SMILES string of the molecule is CC(CC(C)(C#N)NC1CC1)Sc1nccn1C. The van der Waals surface area contributed by atoms with Gasteiger partial charge < -0.3 is 4.57 Å². The summed E-state index contributed by atoms with van der Waals surface area (Å²) < 4.78 is 2.01. The van der Waals surface area contributed by atoms with E-state index in [1.807, 2.05) is 24.7 Å². The van der Waals surface area contributed by atoms with Gasteiger partial charge in [0.2, 0.25) is 0 Å². The second-order valence-electron chi connectivity index (χ2n) is 5.32. The summed E-state index contributed by atoms with van der Waals surface area (Å²) in [4.78, 5) is 4.31. The lowest BCUT2D eigenvalue weighted by Crippen LogP contribution is -2.44. The van der Waals surface area contributed by atoms with E-state index < -0.39 is 5.54 Å². The van der Waals surface area contributed by atoms with Crippen molar-refractivity contribution in [1.82, 2.24) is 14.9 Å². The molecule has 2 unspecified atom stereocenters. The first-order valence-electron chi connectivity index (χ1n) is 6.35. The minimum atomic E-state index is -0.418. The van der Waals surface area contributed by atoms with Crippen LogP contribution in [0.3, 0.4) is 0 Å². The maximum absolute atomic E-state index is 9.35. The number of thioether (sulfide) groups is 1. The molecule has 1 aliphatic rings. The fourth-order valence-corrected chi connectivity index (χ4v) is 3.20. The van der Waals surface area contributed by atoms with E-state index in [1.165, 1.54) is 12.8 Å². The van der Waals surface area contributed by atoms with Gasteiger partial charge in [-0.05, 0) is 26.2 Å². The molecule has 98 valence electrons. The molecule has 0 aliphatic heterocycles. The van der Waals surface area contributed by atoms with Crippen molar-refractivity contribution in [3.8, 4) is 6.07 Å². The maximum atomic E-state index is 9.35. The van der Waals surface area contributed by atoms with Crippen molar-refractivity contribution in [2.75, 3.05) is 0 Å². The predicted octanol–water partition coefficient (Wildman–Crippen LogP) is 2.33. The van der Waals surface area contributed by atoms with Crippen LogP contribution in [0.2, 0.25) is 0 Å². The molecule has 1 aliphatic carbocycles. The summed E-state index contributed by atoms with van der Waals surface area (Å²) in [6.45, 7) is 4.16. The van der Waals surface area contributed by atoms with Gasteiger partial charge in [-0.25, -0.2) is 4.98 Å². The molecule has 1 aromatic rings. The van der Waals surface area contributed by atoms with E-state index in [-0.39, 0.29) is 0 Å². The van der Waals surface area contributed by atoms with Gasteiger partial charge >= 0.3 is 0 Å². The lowest BCUT2D eigenvalue weighted by atomic mass is 9.98. The zero-order chi connectivity index (χ0) is 13.2. The highest BCUT2D eigenvalue weighted by Crippen LogP contribution is 2.30. The first-order chi connectivity index (χ1) is 8.52. The second-order valence-corrected chi connectivity index (χ2v) is 6.72. The lowest BCUT2D eigenvalue weighted by Gasteiger charge is -2.26. The molecule has 0 amide bonds. The Morgan fingerprint density at radius 2 is 2.44 bits per heavy atom. The zero-order valence-electron chi connectivity index (χ0n) is 11.2. The first kappa shape index (κ1) is 13.4. The molecule has 0 saturated heterocycles. The molecule has 1 heterocycles. The molecule has 1 N–H and O–H groups in total. The third-order valence-corrected chi connectivity index (χ3v) is 4.30. The molecular formula is C13H20N4S. The Balaban J connectivity index is 1.91. The molecule has 0 bridgehead atoms. The van der Waals surface area contributed by atoms with Crippen LogP contribution in [0.4, 0.5) is 0 Å². The highest BCUT2D eigenvalue weighted by molar-refractivity contribution is 7.99. The predicted molar refractivity (Wildman–Crippen MR) is 73.3 cm³/mol. The summed E-state index contributed by atoms with van der Waals surface area (Å²) in [7, 11) is 1.99. The number of aromatic nitrogens is 2. The number of hydrogen-bond acceptors (Lipinski definition) is 4. The number of rotatable bonds is 6. The van der Waals surface area contributed by atoms with Crippen molar-refractivity contribution in [1.29, 1.82) is 5.26 Å². The Labute approximate surface area is 113 Å². The average molecular weight is 264 g/mol. The third kappa shape index (κ3) is 3.50. The van der Waals surface area contributed by atoms with Gasteiger partial charge in [0.1, 0.15) is 5.54 Å². The van der Waals surface area contributed by atoms with E-state index in [0.29, 0.717) is 11.3 Å². The fraction of sp³-hybridized carbons (Fsp3) is 0.692. The monoisotopic (exact) mass is 264 g/mol. The van der Waals surface area contributed by atoms with Gasteiger partial charge in [-0.1, -0.05) is 18.7 Å². The summed E-state index contributed by atoms with van der Waals surface area (Å²) in [5.41, 5.74) is -0.418. The quantitative estimate of drug-likeness (QED) is 0.801. The van der Waals surface area contributed by atoms with Gasteiger partial charge in [-0.3, -0.25) is 5.32 Å². The molecular weight excluding hydrogens is 244 g/mol. The van der Waals surface area contributed by atoms with Gasteiger partial charge in [0.15, 0.2) is 5.16 Å². The Kier molecular flexibility index (Phi) is 3.98. The van der Waals surface area contributed by atoms with E-state index in [4.69, 9.17) is 0 Å². The van der Waals surface area contributed by atoms with E-state index in [9.17, 15) is 5.26 Å². The Morgan fingerprint density at radius 3 is 2.94 bits per heavy atom. The van der Waals surface area contributed by atoms with Crippen molar-refractivity contribution >= 4 is 11.8 Å². The number of nitrogens with one attached hydrogen (secondary N) is 1. The Bertz CT molecular complexity index is 446. The molecule has 2 atom stereocenters. The molecule has 18 heavy (non-hydrogen) atoms. The van der Waals surface area contributed by atoms with Gasteiger partial charge in [-0.2, -0.15) is 5.26 Å². The summed E-state index contributed by atoms with van der Waals surface area (Å²) in [6.07, 6.45) is 7.00. The minimum Gasteiger partial charge on any atom is -0.329 e. The highest BCUT2D eigenvalue weighted by atomic mass is 32.2. The van der Waals surface area contributed by atoms with Crippen molar-refractivity contribution in [3.05, 3.63) is 12.4 Å². The van der Waals surface area contributed by atoms with E-state index >= 15 is 0 Å². The fourth-order valence-electron chi connectivity index (χ4n) is 2.08. The van der Waals surface area contributed by atoms with Crippen LogP contribution < -0.4 is 5.32 Å². The number of hydrogen-bond donors (Lipinski definition) is 1. The smallest absolute Gasteiger partial charge is 0.167 e. The van der Waals surface area contributed by atoms with Crippen LogP contribution in [0.15, 0.2) is 17.6 Å². The Morgan fingerprint density at radius 1 is 1.72 bits per heavy atom. The molecule has 0 spiro atoms. The molecule has 0 radical (unpaired) electrons. The molecule has 1 saturated carbocycles. The van der Waals surface area contributed by atoms with Crippen LogP contribution in [0.5, 0.6) is 0 Å². The van der Waals surface area contributed by atoms with E-state index in [1.54, 1.807) is 18.0 Å². The van der Waals surface area contributed by atoms with Crippen LogP contribution >= 0.6 is 11.8 Å². The van der Waals surface area contributed by atoms with Gasteiger partial charge in [0, 0.05) is 30.7 Å². The summed E-state index contributed by atoms with van der Waals surface area (Å²) in [5, 5.41) is 14.2. The molecule has 5 heteroatoms. The third-order valence-electron chi connectivity index (χ3n) is 3.13. The van der Waals surface area contributed by atoms with Crippen LogP contribution in [0.1, 0.15) is 33.1 Å². The van der Waals surface area contributed by atoms with Crippen molar-refractivity contribution in [2.24, 2.45) is 7.05 Å². The zero-order valence-corrected chi connectivity index (χ0v) is 12.0. The summed E-state index contributed by atoms with van der Waals surface area (Å²) in [6, 6.07) is 2.98. The van der Waals surface area contributed by atoms with E-state index in [0.717, 1.165) is 11.6 Å². The second kappa shape index (κ2) is 5.33. The summed E-state index contributed by atoms with van der Waals surface area (Å²) >= 11 is 1.73. The number of nitriles is 1. The molecule has 0 aromatic carbocycles.